The van der Waals surface area contributed by atoms with Crippen LogP contribution in [0.4, 0.5) is 5.69 Å². The molecule has 0 aromatic heterocycles. The maximum Gasteiger partial charge on any atom is 0.289 e. The Kier molecular flexibility index (Phi) is 5.30. The molecule has 7 nitrogen and oxygen atoms in total. The zero-order valence-corrected chi connectivity index (χ0v) is 14.4. The number of rotatable bonds is 3. The molecule has 9 heteroatoms. The molecule has 2 bridgehead atoms. The molecular formula is C14H20ClN3O4S. The number of nitrogens with one attached hydrogen (secondary N) is 1. The van der Waals surface area contributed by atoms with E-state index in [4.69, 9.17) is 0 Å². The minimum Gasteiger partial charge on any atom is -0.315 e. The summed E-state index contributed by atoms with van der Waals surface area (Å²) in [6.07, 6.45) is 2.37. The van der Waals surface area contributed by atoms with Gasteiger partial charge in [-0.1, -0.05) is 12.1 Å². The Bertz CT molecular complexity index is 696. The number of benzene rings is 1. The van der Waals surface area contributed by atoms with Gasteiger partial charge in [0.1, 0.15) is 0 Å². The van der Waals surface area contributed by atoms with Gasteiger partial charge in [0.2, 0.25) is 0 Å². The van der Waals surface area contributed by atoms with Crippen molar-refractivity contribution in [1.82, 2.24) is 9.62 Å². The Balaban J connectivity index is 0.00000192. The van der Waals surface area contributed by atoms with Crippen LogP contribution in [0.25, 0.3) is 0 Å². The van der Waals surface area contributed by atoms with Crippen LogP contribution in [0.1, 0.15) is 24.8 Å². The summed E-state index contributed by atoms with van der Waals surface area (Å²) in [5, 5.41) is 14.5. The number of hydrogen-bond acceptors (Lipinski definition) is 5. The number of aryl methyl sites for hydroxylation is 1. The molecule has 1 aromatic rings. The minimum absolute atomic E-state index is 0. The molecule has 2 fully saturated rings. The summed E-state index contributed by atoms with van der Waals surface area (Å²) in [6, 6.07) is 4.21. The molecular weight excluding hydrogens is 342 g/mol. The van der Waals surface area contributed by atoms with Crippen molar-refractivity contribution in [1.29, 1.82) is 0 Å². The number of nitro groups is 1. The van der Waals surface area contributed by atoms with Crippen molar-refractivity contribution >= 4 is 28.1 Å². The molecule has 1 N–H and O–H groups in total. The minimum atomic E-state index is -3.88. The van der Waals surface area contributed by atoms with Gasteiger partial charge in [0.25, 0.3) is 15.7 Å². The largest absolute Gasteiger partial charge is 0.315 e. The van der Waals surface area contributed by atoms with Gasteiger partial charge in [0, 0.05) is 24.7 Å². The van der Waals surface area contributed by atoms with Gasteiger partial charge in [0.05, 0.1) is 4.92 Å². The fraction of sp³-hybridized carbons (Fsp3) is 0.571. The summed E-state index contributed by atoms with van der Waals surface area (Å²) in [5.74, 6) is 0. The quantitative estimate of drug-likeness (QED) is 0.655. The van der Waals surface area contributed by atoms with E-state index in [1.165, 1.54) is 16.4 Å². The van der Waals surface area contributed by atoms with Crippen molar-refractivity contribution in [3.05, 3.63) is 33.9 Å². The van der Waals surface area contributed by atoms with E-state index in [0.29, 0.717) is 12.1 Å². The highest BCUT2D eigenvalue weighted by Crippen LogP contribution is 2.37. The molecule has 2 aliphatic heterocycles. The van der Waals surface area contributed by atoms with E-state index < -0.39 is 14.9 Å². The average molecular weight is 362 g/mol. The monoisotopic (exact) mass is 361 g/mol. The zero-order chi connectivity index (χ0) is 15.9. The second-order valence-corrected chi connectivity index (χ2v) is 7.67. The summed E-state index contributed by atoms with van der Waals surface area (Å²) >= 11 is 0. The van der Waals surface area contributed by atoms with E-state index in [0.717, 1.165) is 25.8 Å². The summed E-state index contributed by atoms with van der Waals surface area (Å²) < 4.78 is 27.8. The predicted molar refractivity (Wildman–Crippen MR) is 88.4 cm³/mol. The molecule has 1 aromatic carbocycles. The maximum absolute atomic E-state index is 13.1. The molecule has 2 unspecified atom stereocenters. The maximum atomic E-state index is 13.1. The average Bonchev–Trinajstić information content (AvgIpc) is 2.72. The van der Waals surface area contributed by atoms with Crippen LogP contribution in [0.3, 0.4) is 0 Å². The summed E-state index contributed by atoms with van der Waals surface area (Å²) in [4.78, 5) is 10.5. The Morgan fingerprint density at radius 3 is 2.65 bits per heavy atom. The highest BCUT2D eigenvalue weighted by atomic mass is 35.5. The lowest BCUT2D eigenvalue weighted by Crippen LogP contribution is -2.42. The zero-order valence-electron chi connectivity index (χ0n) is 12.8. The molecule has 2 saturated heterocycles. The molecule has 0 spiro atoms. The van der Waals surface area contributed by atoms with Crippen molar-refractivity contribution in [2.75, 3.05) is 13.1 Å². The number of hydrogen-bond donors (Lipinski definition) is 1. The lowest BCUT2D eigenvalue weighted by Gasteiger charge is -2.27. The van der Waals surface area contributed by atoms with Gasteiger partial charge in [0.15, 0.2) is 4.90 Å². The van der Waals surface area contributed by atoms with E-state index >= 15 is 0 Å². The summed E-state index contributed by atoms with van der Waals surface area (Å²) in [6.45, 7) is 3.00. The fourth-order valence-corrected chi connectivity index (χ4v) is 5.82. The van der Waals surface area contributed by atoms with E-state index in [9.17, 15) is 18.5 Å². The Morgan fingerprint density at radius 1 is 1.26 bits per heavy atom. The second-order valence-electron chi connectivity index (χ2n) is 5.89. The van der Waals surface area contributed by atoms with E-state index in [-0.39, 0.29) is 35.1 Å². The van der Waals surface area contributed by atoms with Crippen LogP contribution in [0.5, 0.6) is 0 Å². The van der Waals surface area contributed by atoms with E-state index in [2.05, 4.69) is 5.32 Å². The molecule has 0 amide bonds. The number of fused-ring (bicyclic) bond motifs is 2. The van der Waals surface area contributed by atoms with Crippen LogP contribution >= 0.6 is 12.4 Å². The smallest absolute Gasteiger partial charge is 0.289 e. The first-order chi connectivity index (χ1) is 10.4. The molecule has 2 atom stereocenters. The van der Waals surface area contributed by atoms with Gasteiger partial charge in [-0.25, -0.2) is 8.42 Å². The first kappa shape index (κ1) is 18.1. The van der Waals surface area contributed by atoms with Crippen LogP contribution in [0.15, 0.2) is 23.1 Å². The van der Waals surface area contributed by atoms with Crippen LogP contribution < -0.4 is 5.32 Å². The highest BCUT2D eigenvalue weighted by Gasteiger charge is 2.45. The first-order valence-electron chi connectivity index (χ1n) is 7.41. The molecule has 0 saturated carbocycles. The third-order valence-electron chi connectivity index (χ3n) is 4.51. The standard InChI is InChI=1S/C14H19N3O4S.ClH/c1-10-3-2-4-13(17(18)19)14(10)22(20,21)16-11-5-6-12(16)9-15-8-7-11;/h2-4,11-12,15H,5-9H2,1H3;1H. The Labute approximate surface area is 141 Å². The van der Waals surface area contributed by atoms with Gasteiger partial charge in [-0.2, -0.15) is 4.31 Å². The van der Waals surface area contributed by atoms with Crippen LogP contribution in [0, 0.1) is 17.0 Å². The fourth-order valence-electron chi connectivity index (χ4n) is 3.55. The van der Waals surface area contributed by atoms with Gasteiger partial charge in [-0.05, 0) is 38.3 Å². The van der Waals surface area contributed by atoms with E-state index in [1.54, 1.807) is 13.0 Å². The van der Waals surface area contributed by atoms with E-state index in [1.807, 2.05) is 0 Å². The normalized spacial score (nSPS) is 24.7. The van der Waals surface area contributed by atoms with Crippen LogP contribution in [-0.2, 0) is 10.0 Å². The van der Waals surface area contributed by atoms with Crippen molar-refractivity contribution < 1.29 is 13.3 Å². The lowest BCUT2D eigenvalue weighted by molar-refractivity contribution is -0.387. The number of nitro benzene ring substituents is 1. The molecule has 2 heterocycles. The van der Waals surface area contributed by atoms with Crippen molar-refractivity contribution in [3.8, 4) is 0 Å². The lowest BCUT2D eigenvalue weighted by atomic mass is 10.1. The van der Waals surface area contributed by atoms with Crippen molar-refractivity contribution in [3.63, 3.8) is 0 Å². The Morgan fingerprint density at radius 2 is 1.96 bits per heavy atom. The number of sulfonamides is 1. The third-order valence-corrected chi connectivity index (χ3v) is 6.71. The van der Waals surface area contributed by atoms with Gasteiger partial charge >= 0.3 is 0 Å². The summed E-state index contributed by atoms with van der Waals surface area (Å²) in [5.41, 5.74) is 0.0856. The molecule has 0 aliphatic carbocycles. The molecule has 23 heavy (non-hydrogen) atoms. The topological polar surface area (TPSA) is 92.5 Å². The van der Waals surface area contributed by atoms with Crippen molar-refractivity contribution in [2.45, 2.75) is 43.2 Å². The number of nitrogens with zero attached hydrogens (tertiary/aromatic N) is 2. The molecule has 128 valence electrons. The van der Waals surface area contributed by atoms with Gasteiger partial charge < -0.3 is 5.32 Å². The Hall–Kier alpha value is -1.22. The molecule has 0 radical (unpaired) electrons. The first-order valence-corrected chi connectivity index (χ1v) is 8.85. The van der Waals surface area contributed by atoms with Gasteiger partial charge in [-0.3, -0.25) is 10.1 Å². The number of halogens is 1. The summed E-state index contributed by atoms with van der Waals surface area (Å²) in [7, 11) is -3.88. The van der Waals surface area contributed by atoms with Gasteiger partial charge in [-0.15, -0.1) is 12.4 Å². The van der Waals surface area contributed by atoms with Crippen molar-refractivity contribution in [2.24, 2.45) is 0 Å². The molecule has 2 aliphatic rings. The predicted octanol–water partition coefficient (Wildman–Crippen LogP) is 1.84. The molecule has 3 rings (SSSR count). The van der Waals surface area contributed by atoms with Crippen LogP contribution in [0.2, 0.25) is 0 Å². The highest BCUT2D eigenvalue weighted by molar-refractivity contribution is 7.89. The van der Waals surface area contributed by atoms with Crippen LogP contribution in [-0.4, -0.2) is 42.8 Å². The third kappa shape index (κ3) is 3.08. The second kappa shape index (κ2) is 6.72. The SMILES string of the molecule is Cc1cccc([N+](=O)[O-])c1S(=O)(=O)N1C2CCNCC1CC2.Cl.